The average molecular weight is 196 g/mol. The molecule has 0 heterocycles. The minimum Gasteiger partial charge on any atom is -0.327 e. The highest BCUT2D eigenvalue weighted by Gasteiger charge is 2.26. The molecular formula is C8H15F3N2. The highest BCUT2D eigenvalue weighted by Crippen LogP contribution is 2.19. The van der Waals surface area contributed by atoms with E-state index in [9.17, 15) is 13.2 Å². The van der Waals surface area contributed by atoms with Gasteiger partial charge in [-0.3, -0.25) is 0 Å². The quantitative estimate of drug-likeness (QED) is 0.673. The molecule has 0 aromatic carbocycles. The van der Waals surface area contributed by atoms with Crippen molar-refractivity contribution in [2.24, 2.45) is 5.73 Å². The third kappa shape index (κ3) is 7.80. The van der Waals surface area contributed by atoms with E-state index in [1.807, 2.05) is 0 Å². The van der Waals surface area contributed by atoms with Gasteiger partial charge in [0.1, 0.15) is 0 Å². The maximum absolute atomic E-state index is 11.8. The fourth-order valence-electron chi connectivity index (χ4n) is 0.843. The SMILES string of the molecule is C=C(CN)CN(C)CCC(F)(F)F. The Balaban J connectivity index is 3.63. The van der Waals surface area contributed by atoms with Crippen molar-refractivity contribution in [1.82, 2.24) is 4.90 Å². The Morgan fingerprint density at radius 1 is 1.46 bits per heavy atom. The average Bonchev–Trinajstić information content (AvgIpc) is 1.99. The minimum absolute atomic E-state index is 0.0114. The van der Waals surface area contributed by atoms with Gasteiger partial charge in [-0.15, -0.1) is 0 Å². The van der Waals surface area contributed by atoms with Crippen LogP contribution in [0.1, 0.15) is 6.42 Å². The van der Waals surface area contributed by atoms with Gasteiger partial charge in [-0.05, 0) is 12.6 Å². The van der Waals surface area contributed by atoms with Crippen LogP contribution in [0.25, 0.3) is 0 Å². The Hall–Kier alpha value is -0.550. The first-order valence-electron chi connectivity index (χ1n) is 3.97. The van der Waals surface area contributed by atoms with Crippen LogP contribution in [-0.2, 0) is 0 Å². The molecule has 0 spiro atoms. The summed E-state index contributed by atoms with van der Waals surface area (Å²) in [6, 6.07) is 0. The lowest BCUT2D eigenvalue weighted by Gasteiger charge is -2.18. The highest BCUT2D eigenvalue weighted by atomic mass is 19.4. The number of likely N-dealkylation sites (N-methyl/N-ethyl adjacent to an activating group) is 1. The number of rotatable bonds is 5. The molecule has 0 atom stereocenters. The molecule has 0 saturated carbocycles. The molecule has 0 rings (SSSR count). The molecule has 0 aliphatic carbocycles. The van der Waals surface area contributed by atoms with Crippen molar-refractivity contribution in [2.75, 3.05) is 26.7 Å². The number of halogens is 3. The number of nitrogens with zero attached hydrogens (tertiary/aromatic N) is 1. The summed E-state index contributed by atoms with van der Waals surface area (Å²) >= 11 is 0. The van der Waals surface area contributed by atoms with E-state index in [4.69, 9.17) is 5.73 Å². The summed E-state index contributed by atoms with van der Waals surface area (Å²) in [6.45, 7) is 4.34. The van der Waals surface area contributed by atoms with Crippen molar-refractivity contribution < 1.29 is 13.2 Å². The van der Waals surface area contributed by atoms with E-state index in [1.165, 1.54) is 0 Å². The summed E-state index contributed by atoms with van der Waals surface area (Å²) in [7, 11) is 1.62. The first-order valence-corrected chi connectivity index (χ1v) is 3.97. The lowest BCUT2D eigenvalue weighted by molar-refractivity contribution is -0.137. The molecule has 0 bridgehead atoms. The van der Waals surface area contributed by atoms with Crippen molar-refractivity contribution in [3.63, 3.8) is 0 Å². The van der Waals surface area contributed by atoms with Crippen LogP contribution in [0.15, 0.2) is 12.2 Å². The van der Waals surface area contributed by atoms with Gasteiger partial charge in [-0.2, -0.15) is 13.2 Å². The Bertz CT molecular complexity index is 165. The summed E-state index contributed by atoms with van der Waals surface area (Å²) in [5.74, 6) is 0. The van der Waals surface area contributed by atoms with Gasteiger partial charge in [-0.25, -0.2) is 0 Å². The molecule has 0 aliphatic heterocycles. The first kappa shape index (κ1) is 12.4. The van der Waals surface area contributed by atoms with Crippen LogP contribution in [0.4, 0.5) is 13.2 Å². The molecule has 5 heteroatoms. The van der Waals surface area contributed by atoms with Crippen molar-refractivity contribution >= 4 is 0 Å². The van der Waals surface area contributed by atoms with E-state index < -0.39 is 12.6 Å². The van der Waals surface area contributed by atoms with Gasteiger partial charge >= 0.3 is 6.18 Å². The van der Waals surface area contributed by atoms with Crippen LogP contribution in [0.2, 0.25) is 0 Å². The zero-order chi connectivity index (χ0) is 10.5. The van der Waals surface area contributed by atoms with E-state index >= 15 is 0 Å². The molecule has 13 heavy (non-hydrogen) atoms. The van der Waals surface area contributed by atoms with Gasteiger partial charge in [0.2, 0.25) is 0 Å². The number of alkyl halides is 3. The summed E-state index contributed by atoms with van der Waals surface area (Å²) < 4.78 is 35.3. The van der Waals surface area contributed by atoms with Crippen LogP contribution in [0.3, 0.4) is 0 Å². The summed E-state index contributed by atoms with van der Waals surface area (Å²) in [5.41, 5.74) is 5.99. The van der Waals surface area contributed by atoms with Crippen LogP contribution in [0.5, 0.6) is 0 Å². The van der Waals surface area contributed by atoms with Crippen molar-refractivity contribution in [1.29, 1.82) is 0 Å². The zero-order valence-corrected chi connectivity index (χ0v) is 7.69. The summed E-state index contributed by atoms with van der Waals surface area (Å²) in [6.07, 6.45) is -4.88. The smallest absolute Gasteiger partial charge is 0.327 e. The Morgan fingerprint density at radius 3 is 2.38 bits per heavy atom. The fraction of sp³-hybridized carbons (Fsp3) is 0.750. The zero-order valence-electron chi connectivity index (χ0n) is 7.69. The van der Waals surface area contributed by atoms with Gasteiger partial charge in [0.05, 0.1) is 6.42 Å². The van der Waals surface area contributed by atoms with Crippen molar-refractivity contribution in [3.8, 4) is 0 Å². The summed E-state index contributed by atoms with van der Waals surface area (Å²) in [4.78, 5) is 1.56. The fourth-order valence-corrected chi connectivity index (χ4v) is 0.843. The lowest BCUT2D eigenvalue weighted by atomic mass is 10.3. The molecule has 0 unspecified atom stereocenters. The third-order valence-electron chi connectivity index (χ3n) is 1.56. The largest absolute Gasteiger partial charge is 0.390 e. The summed E-state index contributed by atoms with van der Waals surface area (Å²) in [5, 5.41) is 0. The van der Waals surface area contributed by atoms with Gasteiger partial charge < -0.3 is 10.6 Å². The molecule has 0 radical (unpaired) electrons. The van der Waals surface area contributed by atoms with Crippen LogP contribution < -0.4 is 5.73 Å². The Labute approximate surface area is 76.2 Å². The van der Waals surface area contributed by atoms with Crippen molar-refractivity contribution in [3.05, 3.63) is 12.2 Å². The molecule has 0 fully saturated rings. The van der Waals surface area contributed by atoms with E-state index in [0.29, 0.717) is 13.1 Å². The molecule has 0 aromatic rings. The molecule has 0 amide bonds. The second-order valence-electron chi connectivity index (χ2n) is 3.06. The molecule has 2 nitrogen and oxygen atoms in total. The maximum Gasteiger partial charge on any atom is 0.390 e. The predicted molar refractivity (Wildman–Crippen MR) is 46.4 cm³/mol. The molecule has 0 saturated heterocycles. The van der Waals surface area contributed by atoms with Crippen LogP contribution >= 0.6 is 0 Å². The predicted octanol–water partition coefficient (Wildman–Crippen LogP) is 1.39. The normalized spacial score (nSPS) is 12.2. The molecule has 0 aliphatic rings. The monoisotopic (exact) mass is 196 g/mol. The lowest BCUT2D eigenvalue weighted by Crippen LogP contribution is -2.27. The molecule has 0 aromatic heterocycles. The van der Waals surface area contributed by atoms with E-state index in [1.54, 1.807) is 11.9 Å². The highest BCUT2D eigenvalue weighted by molar-refractivity contribution is 4.98. The first-order chi connectivity index (χ1) is 5.85. The topological polar surface area (TPSA) is 29.3 Å². The molecule has 78 valence electrons. The Morgan fingerprint density at radius 2 is 2.00 bits per heavy atom. The van der Waals surface area contributed by atoms with E-state index in [2.05, 4.69) is 6.58 Å². The third-order valence-corrected chi connectivity index (χ3v) is 1.56. The number of hydrogen-bond donors (Lipinski definition) is 1. The second-order valence-corrected chi connectivity index (χ2v) is 3.06. The number of hydrogen-bond acceptors (Lipinski definition) is 2. The Kier molecular flexibility index (Phi) is 5.02. The molecule has 2 N–H and O–H groups in total. The minimum atomic E-state index is -4.09. The number of nitrogens with two attached hydrogens (primary N) is 1. The van der Waals surface area contributed by atoms with Crippen LogP contribution in [0, 0.1) is 0 Å². The van der Waals surface area contributed by atoms with E-state index in [0.717, 1.165) is 5.57 Å². The van der Waals surface area contributed by atoms with Gasteiger partial charge in [-0.1, -0.05) is 6.58 Å². The van der Waals surface area contributed by atoms with Gasteiger partial charge in [0, 0.05) is 19.6 Å². The van der Waals surface area contributed by atoms with Crippen LogP contribution in [-0.4, -0.2) is 37.8 Å². The standard InChI is InChI=1S/C8H15F3N2/c1-7(5-12)6-13(2)4-3-8(9,10)11/h1,3-6,12H2,2H3. The van der Waals surface area contributed by atoms with E-state index in [-0.39, 0.29) is 6.54 Å². The maximum atomic E-state index is 11.8. The second kappa shape index (κ2) is 5.24. The van der Waals surface area contributed by atoms with Crippen molar-refractivity contribution in [2.45, 2.75) is 12.6 Å². The molecular weight excluding hydrogens is 181 g/mol. The van der Waals surface area contributed by atoms with Gasteiger partial charge in [0.25, 0.3) is 0 Å². The van der Waals surface area contributed by atoms with Gasteiger partial charge in [0.15, 0.2) is 0 Å².